The molecule has 10 heavy (non-hydrogen) atoms. The van der Waals surface area contributed by atoms with Crippen molar-refractivity contribution in [2.75, 3.05) is 0 Å². The average Bonchev–Trinajstić information content (AvgIpc) is 2.11. The second-order valence-corrected chi connectivity index (χ2v) is 3.49. The highest BCUT2D eigenvalue weighted by atomic mass is 35.5. The molecule has 2 unspecified atom stereocenters. The highest BCUT2D eigenvalue weighted by molar-refractivity contribution is 5.85. The van der Waals surface area contributed by atoms with E-state index in [0.29, 0.717) is 5.78 Å². The lowest BCUT2D eigenvalue weighted by atomic mass is 9.88. The van der Waals surface area contributed by atoms with E-state index in [9.17, 15) is 4.79 Å². The van der Waals surface area contributed by atoms with Gasteiger partial charge < -0.3 is 0 Å². The number of fused-ring (bicyclic) bond motifs is 2. The standard InChI is InChI=1S/C8H12O.ClH/c9-8-4-6-1-2-7(3-6)5-8;/h6-7H,1-5H2;1H. The monoisotopic (exact) mass is 160 g/mol. The molecule has 0 aromatic carbocycles. The Labute approximate surface area is 67.6 Å². The molecule has 2 heteroatoms. The summed E-state index contributed by atoms with van der Waals surface area (Å²) >= 11 is 0. The normalized spacial score (nSPS) is 37.4. The lowest BCUT2D eigenvalue weighted by Crippen LogP contribution is -2.14. The molecule has 0 aromatic rings. The summed E-state index contributed by atoms with van der Waals surface area (Å²) in [5, 5.41) is 0. The van der Waals surface area contributed by atoms with Crippen LogP contribution in [0.1, 0.15) is 32.1 Å². The molecule has 2 saturated carbocycles. The Kier molecular flexibility index (Phi) is 2.35. The van der Waals surface area contributed by atoms with Crippen LogP contribution in [-0.4, -0.2) is 5.78 Å². The summed E-state index contributed by atoms with van der Waals surface area (Å²) in [6.07, 6.45) is 5.81. The van der Waals surface area contributed by atoms with Crippen LogP contribution in [0.15, 0.2) is 0 Å². The third-order valence-corrected chi connectivity index (χ3v) is 2.68. The summed E-state index contributed by atoms with van der Waals surface area (Å²) in [7, 11) is 0. The highest BCUT2D eigenvalue weighted by Gasteiger charge is 2.32. The first kappa shape index (κ1) is 8.06. The molecule has 0 aliphatic heterocycles. The molecule has 58 valence electrons. The summed E-state index contributed by atoms with van der Waals surface area (Å²) in [5.74, 6) is 2.10. The number of halogens is 1. The highest BCUT2D eigenvalue weighted by Crippen LogP contribution is 2.39. The molecule has 1 nitrogen and oxygen atoms in total. The molecule has 2 aliphatic carbocycles. The average molecular weight is 161 g/mol. The smallest absolute Gasteiger partial charge is 0.133 e. The van der Waals surface area contributed by atoms with Crippen molar-refractivity contribution in [2.24, 2.45) is 11.8 Å². The Bertz CT molecular complexity index is 130. The fourth-order valence-corrected chi connectivity index (χ4v) is 2.28. The van der Waals surface area contributed by atoms with E-state index >= 15 is 0 Å². The van der Waals surface area contributed by atoms with Gasteiger partial charge in [-0.25, -0.2) is 0 Å². The van der Waals surface area contributed by atoms with Gasteiger partial charge in [0.1, 0.15) is 5.78 Å². The van der Waals surface area contributed by atoms with Gasteiger partial charge in [0, 0.05) is 12.8 Å². The summed E-state index contributed by atoms with van der Waals surface area (Å²) in [5.41, 5.74) is 0. The molecule has 2 atom stereocenters. The third-order valence-electron chi connectivity index (χ3n) is 2.68. The summed E-state index contributed by atoms with van der Waals surface area (Å²) < 4.78 is 0. The minimum atomic E-state index is 0. The maximum Gasteiger partial charge on any atom is 0.133 e. The first-order valence-electron chi connectivity index (χ1n) is 3.86. The number of hydrogen-bond acceptors (Lipinski definition) is 1. The van der Waals surface area contributed by atoms with Crippen LogP contribution in [0.5, 0.6) is 0 Å². The van der Waals surface area contributed by atoms with Gasteiger partial charge >= 0.3 is 0 Å². The van der Waals surface area contributed by atoms with Crippen LogP contribution >= 0.6 is 12.4 Å². The number of rotatable bonds is 0. The number of carbonyl (C=O) groups is 1. The van der Waals surface area contributed by atoms with Crippen molar-refractivity contribution >= 4 is 18.2 Å². The van der Waals surface area contributed by atoms with Gasteiger partial charge in [0.25, 0.3) is 0 Å². The first-order valence-corrected chi connectivity index (χ1v) is 3.86. The van der Waals surface area contributed by atoms with Gasteiger partial charge in [-0.1, -0.05) is 0 Å². The minimum Gasteiger partial charge on any atom is -0.300 e. The van der Waals surface area contributed by atoms with Crippen molar-refractivity contribution in [3.05, 3.63) is 0 Å². The zero-order chi connectivity index (χ0) is 6.27. The Hall–Kier alpha value is -0.0400. The molecular weight excluding hydrogens is 148 g/mol. The van der Waals surface area contributed by atoms with Crippen LogP contribution in [0, 0.1) is 11.8 Å². The van der Waals surface area contributed by atoms with Crippen molar-refractivity contribution in [3.8, 4) is 0 Å². The predicted molar refractivity (Wildman–Crippen MR) is 42.3 cm³/mol. The SMILES string of the molecule is Cl.O=C1CC2CCC(C1)C2. The summed E-state index contributed by atoms with van der Waals surface area (Å²) in [6, 6.07) is 0. The molecule has 0 radical (unpaired) electrons. The Balaban J connectivity index is 0.000000500. The van der Waals surface area contributed by atoms with E-state index in [2.05, 4.69) is 0 Å². The van der Waals surface area contributed by atoms with Crippen molar-refractivity contribution in [1.29, 1.82) is 0 Å². The van der Waals surface area contributed by atoms with Gasteiger partial charge in [-0.15, -0.1) is 12.4 Å². The van der Waals surface area contributed by atoms with E-state index in [0.717, 1.165) is 24.7 Å². The van der Waals surface area contributed by atoms with Gasteiger partial charge in [-0.05, 0) is 31.1 Å². The second kappa shape index (κ2) is 2.91. The van der Waals surface area contributed by atoms with Crippen LogP contribution in [0.4, 0.5) is 0 Å². The molecule has 2 fully saturated rings. The zero-order valence-corrected chi connectivity index (χ0v) is 6.82. The fraction of sp³-hybridized carbons (Fsp3) is 0.875. The number of carbonyl (C=O) groups excluding carboxylic acids is 1. The van der Waals surface area contributed by atoms with Crippen molar-refractivity contribution in [2.45, 2.75) is 32.1 Å². The quantitative estimate of drug-likeness (QED) is 0.531. The van der Waals surface area contributed by atoms with E-state index in [1.165, 1.54) is 19.3 Å². The van der Waals surface area contributed by atoms with Gasteiger partial charge in [0.05, 0.1) is 0 Å². The van der Waals surface area contributed by atoms with Crippen molar-refractivity contribution in [3.63, 3.8) is 0 Å². The minimum absolute atomic E-state index is 0. The zero-order valence-electron chi connectivity index (χ0n) is 6.01. The molecule has 0 saturated heterocycles. The third kappa shape index (κ3) is 1.34. The van der Waals surface area contributed by atoms with E-state index < -0.39 is 0 Å². The first-order chi connectivity index (χ1) is 4.34. The molecule has 2 rings (SSSR count). The van der Waals surface area contributed by atoms with Crippen LogP contribution < -0.4 is 0 Å². The van der Waals surface area contributed by atoms with Crippen LogP contribution in [0.25, 0.3) is 0 Å². The van der Waals surface area contributed by atoms with Crippen molar-refractivity contribution < 1.29 is 4.79 Å². The maximum atomic E-state index is 10.9. The Morgan fingerprint density at radius 1 is 1.10 bits per heavy atom. The fourth-order valence-electron chi connectivity index (χ4n) is 2.28. The summed E-state index contributed by atoms with van der Waals surface area (Å²) in [4.78, 5) is 10.9. The Morgan fingerprint density at radius 3 is 2.10 bits per heavy atom. The Morgan fingerprint density at radius 2 is 1.60 bits per heavy atom. The second-order valence-electron chi connectivity index (χ2n) is 3.49. The molecule has 0 heterocycles. The van der Waals surface area contributed by atoms with Crippen LogP contribution in [0.3, 0.4) is 0 Å². The van der Waals surface area contributed by atoms with Crippen LogP contribution in [-0.2, 0) is 4.79 Å². The number of hydrogen-bond donors (Lipinski definition) is 0. The topological polar surface area (TPSA) is 17.1 Å². The van der Waals surface area contributed by atoms with Gasteiger partial charge in [-0.3, -0.25) is 4.79 Å². The molecule has 0 amide bonds. The molecule has 0 N–H and O–H groups in total. The van der Waals surface area contributed by atoms with E-state index in [-0.39, 0.29) is 12.4 Å². The van der Waals surface area contributed by atoms with Crippen molar-refractivity contribution in [1.82, 2.24) is 0 Å². The largest absolute Gasteiger partial charge is 0.300 e. The molecule has 0 spiro atoms. The van der Waals surface area contributed by atoms with Gasteiger partial charge in [-0.2, -0.15) is 0 Å². The van der Waals surface area contributed by atoms with Gasteiger partial charge in [0.15, 0.2) is 0 Å². The lowest BCUT2D eigenvalue weighted by molar-refractivity contribution is -0.121. The van der Waals surface area contributed by atoms with E-state index in [1.807, 2.05) is 0 Å². The summed E-state index contributed by atoms with van der Waals surface area (Å²) in [6.45, 7) is 0. The molecule has 0 aromatic heterocycles. The van der Waals surface area contributed by atoms with Crippen LogP contribution in [0.2, 0.25) is 0 Å². The molecular formula is C8H13ClO. The molecule has 2 bridgehead atoms. The van der Waals surface area contributed by atoms with E-state index in [4.69, 9.17) is 0 Å². The number of ketones is 1. The maximum absolute atomic E-state index is 10.9. The lowest BCUT2D eigenvalue weighted by Gasteiger charge is -2.15. The van der Waals surface area contributed by atoms with E-state index in [1.54, 1.807) is 0 Å². The predicted octanol–water partition coefficient (Wildman–Crippen LogP) is 2.19. The van der Waals surface area contributed by atoms with Gasteiger partial charge in [0.2, 0.25) is 0 Å². The number of Topliss-reactive ketones (excluding diaryl/α,β-unsaturated/α-hetero) is 1. The molecule has 2 aliphatic rings.